The SMILES string of the molecule is C=C(C)COc1cccc(NC(=O)CCCC(=O)Nc2cccc(OCC(=C)C)c2)c1. The Kier molecular flexibility index (Phi) is 9.36. The Balaban J connectivity index is 1.74. The summed E-state index contributed by atoms with van der Waals surface area (Å²) in [6.45, 7) is 12.2. The molecular formula is C25H30N2O4. The van der Waals surface area contributed by atoms with Crippen molar-refractivity contribution in [3.63, 3.8) is 0 Å². The topological polar surface area (TPSA) is 76.7 Å². The second kappa shape index (κ2) is 12.2. The zero-order valence-corrected chi connectivity index (χ0v) is 18.2. The Hall–Kier alpha value is -3.54. The molecule has 0 atom stereocenters. The first kappa shape index (κ1) is 23.7. The number of ether oxygens (including phenoxy) is 2. The number of rotatable bonds is 12. The van der Waals surface area contributed by atoms with E-state index in [1.165, 1.54) is 0 Å². The van der Waals surface area contributed by atoms with Crippen LogP contribution in [0.25, 0.3) is 0 Å². The van der Waals surface area contributed by atoms with Crippen molar-refractivity contribution in [3.8, 4) is 11.5 Å². The molecule has 0 saturated carbocycles. The van der Waals surface area contributed by atoms with Crippen molar-refractivity contribution in [1.29, 1.82) is 0 Å². The van der Waals surface area contributed by atoms with Crippen molar-refractivity contribution in [2.24, 2.45) is 0 Å². The lowest BCUT2D eigenvalue weighted by Crippen LogP contribution is -2.15. The lowest BCUT2D eigenvalue weighted by molar-refractivity contribution is -0.117. The molecule has 0 unspecified atom stereocenters. The third kappa shape index (κ3) is 9.67. The van der Waals surface area contributed by atoms with Crippen molar-refractivity contribution in [2.75, 3.05) is 23.8 Å². The lowest BCUT2D eigenvalue weighted by Gasteiger charge is -2.10. The maximum atomic E-state index is 12.2. The maximum Gasteiger partial charge on any atom is 0.224 e. The molecule has 2 aromatic rings. The molecule has 0 aliphatic heterocycles. The molecule has 0 aliphatic rings. The van der Waals surface area contributed by atoms with Gasteiger partial charge in [0.15, 0.2) is 0 Å². The van der Waals surface area contributed by atoms with Gasteiger partial charge in [-0.2, -0.15) is 0 Å². The monoisotopic (exact) mass is 422 g/mol. The number of hydrogen-bond acceptors (Lipinski definition) is 4. The normalized spacial score (nSPS) is 10.1. The van der Waals surface area contributed by atoms with Gasteiger partial charge >= 0.3 is 0 Å². The Morgan fingerprint density at radius 3 is 1.58 bits per heavy atom. The number of amides is 2. The molecule has 6 heteroatoms. The third-order valence-corrected chi connectivity index (χ3v) is 4.01. The van der Waals surface area contributed by atoms with Crippen LogP contribution in [0.3, 0.4) is 0 Å². The molecule has 164 valence electrons. The molecule has 0 heterocycles. The van der Waals surface area contributed by atoms with E-state index in [0.717, 1.165) is 11.1 Å². The highest BCUT2D eigenvalue weighted by Gasteiger charge is 2.08. The minimum atomic E-state index is -0.153. The molecule has 0 radical (unpaired) electrons. The minimum Gasteiger partial charge on any atom is -0.489 e. The predicted molar refractivity (Wildman–Crippen MR) is 125 cm³/mol. The van der Waals surface area contributed by atoms with Gasteiger partial charge in [0.25, 0.3) is 0 Å². The average molecular weight is 423 g/mol. The Morgan fingerprint density at radius 1 is 0.774 bits per heavy atom. The van der Waals surface area contributed by atoms with Crippen molar-refractivity contribution < 1.29 is 19.1 Å². The summed E-state index contributed by atoms with van der Waals surface area (Å²) in [5.41, 5.74) is 3.14. The van der Waals surface area contributed by atoms with Gasteiger partial charge < -0.3 is 20.1 Å². The van der Waals surface area contributed by atoms with E-state index in [1.807, 2.05) is 38.1 Å². The van der Waals surface area contributed by atoms with Crippen LogP contribution in [0.2, 0.25) is 0 Å². The number of anilines is 2. The summed E-state index contributed by atoms with van der Waals surface area (Å²) < 4.78 is 11.2. The smallest absolute Gasteiger partial charge is 0.224 e. The molecule has 0 aliphatic carbocycles. The highest BCUT2D eigenvalue weighted by atomic mass is 16.5. The molecule has 0 bridgehead atoms. The summed E-state index contributed by atoms with van der Waals surface area (Å²) in [4.78, 5) is 24.4. The van der Waals surface area contributed by atoms with Crippen LogP contribution in [0.5, 0.6) is 11.5 Å². The van der Waals surface area contributed by atoms with Gasteiger partial charge in [0.1, 0.15) is 24.7 Å². The van der Waals surface area contributed by atoms with E-state index >= 15 is 0 Å². The van der Waals surface area contributed by atoms with Gasteiger partial charge in [-0.25, -0.2) is 0 Å². The van der Waals surface area contributed by atoms with Gasteiger partial charge in [-0.1, -0.05) is 25.3 Å². The van der Waals surface area contributed by atoms with Crippen molar-refractivity contribution in [3.05, 3.63) is 72.8 Å². The summed E-state index contributed by atoms with van der Waals surface area (Å²) in [5, 5.41) is 5.65. The van der Waals surface area contributed by atoms with E-state index in [4.69, 9.17) is 9.47 Å². The number of hydrogen-bond donors (Lipinski definition) is 2. The molecule has 0 saturated heterocycles. The molecule has 0 fully saturated rings. The quantitative estimate of drug-likeness (QED) is 0.453. The summed E-state index contributed by atoms with van der Waals surface area (Å²) in [7, 11) is 0. The molecule has 2 rings (SSSR count). The second-order valence-corrected chi connectivity index (χ2v) is 7.50. The zero-order chi connectivity index (χ0) is 22.6. The number of carbonyl (C=O) groups is 2. The number of carbonyl (C=O) groups excluding carboxylic acids is 2. The van der Waals surface area contributed by atoms with Gasteiger partial charge in [0.2, 0.25) is 11.8 Å². The van der Waals surface area contributed by atoms with E-state index in [0.29, 0.717) is 42.5 Å². The maximum absolute atomic E-state index is 12.2. The van der Waals surface area contributed by atoms with Crippen LogP contribution in [-0.4, -0.2) is 25.0 Å². The highest BCUT2D eigenvalue weighted by Crippen LogP contribution is 2.19. The molecule has 6 nitrogen and oxygen atoms in total. The molecule has 0 spiro atoms. The van der Waals surface area contributed by atoms with Crippen LogP contribution in [0.15, 0.2) is 72.8 Å². The van der Waals surface area contributed by atoms with E-state index < -0.39 is 0 Å². The Bertz CT molecular complexity index is 861. The van der Waals surface area contributed by atoms with Gasteiger partial charge in [0, 0.05) is 36.3 Å². The third-order valence-electron chi connectivity index (χ3n) is 4.01. The van der Waals surface area contributed by atoms with Gasteiger partial charge in [-0.15, -0.1) is 0 Å². The predicted octanol–water partition coefficient (Wildman–Crippen LogP) is 5.34. The van der Waals surface area contributed by atoms with Crippen LogP contribution in [0.1, 0.15) is 33.1 Å². The number of nitrogens with one attached hydrogen (secondary N) is 2. The average Bonchev–Trinajstić information content (AvgIpc) is 2.71. The van der Waals surface area contributed by atoms with E-state index in [-0.39, 0.29) is 24.7 Å². The summed E-state index contributed by atoms with van der Waals surface area (Å²) in [6, 6.07) is 14.4. The standard InChI is InChI=1S/C25H30N2O4/c1-18(2)16-30-22-10-5-8-20(14-22)26-24(28)12-7-13-25(29)27-21-9-6-11-23(15-21)31-17-19(3)4/h5-6,8-11,14-15H,1,3,7,12-13,16-17H2,2,4H3,(H,26,28)(H,27,29). The first-order valence-corrected chi connectivity index (χ1v) is 10.2. The molecule has 2 N–H and O–H groups in total. The molecule has 2 amide bonds. The van der Waals surface area contributed by atoms with Crippen molar-refractivity contribution >= 4 is 23.2 Å². The second-order valence-electron chi connectivity index (χ2n) is 7.50. The molecular weight excluding hydrogens is 392 g/mol. The van der Waals surface area contributed by atoms with Crippen molar-refractivity contribution in [1.82, 2.24) is 0 Å². The van der Waals surface area contributed by atoms with E-state index in [9.17, 15) is 9.59 Å². The zero-order valence-electron chi connectivity index (χ0n) is 18.2. The largest absolute Gasteiger partial charge is 0.489 e. The van der Waals surface area contributed by atoms with E-state index in [1.54, 1.807) is 24.3 Å². The highest BCUT2D eigenvalue weighted by molar-refractivity contribution is 5.93. The Labute approximate surface area is 184 Å². The van der Waals surface area contributed by atoms with Crippen LogP contribution in [-0.2, 0) is 9.59 Å². The van der Waals surface area contributed by atoms with Crippen LogP contribution >= 0.6 is 0 Å². The summed E-state index contributed by atoms with van der Waals surface area (Å²) in [6.07, 6.45) is 0.924. The fourth-order valence-corrected chi connectivity index (χ4v) is 2.60. The molecule has 2 aromatic carbocycles. The van der Waals surface area contributed by atoms with Gasteiger partial charge in [0.05, 0.1) is 0 Å². The van der Waals surface area contributed by atoms with Crippen LogP contribution in [0, 0.1) is 0 Å². The van der Waals surface area contributed by atoms with E-state index in [2.05, 4.69) is 23.8 Å². The fraction of sp³-hybridized carbons (Fsp3) is 0.280. The summed E-state index contributed by atoms with van der Waals surface area (Å²) >= 11 is 0. The Morgan fingerprint density at radius 2 is 1.19 bits per heavy atom. The van der Waals surface area contributed by atoms with Gasteiger partial charge in [-0.05, 0) is 55.7 Å². The van der Waals surface area contributed by atoms with Crippen molar-refractivity contribution in [2.45, 2.75) is 33.1 Å². The fourth-order valence-electron chi connectivity index (χ4n) is 2.60. The number of benzene rings is 2. The van der Waals surface area contributed by atoms with Gasteiger partial charge in [-0.3, -0.25) is 9.59 Å². The molecule has 31 heavy (non-hydrogen) atoms. The first-order chi connectivity index (χ1) is 14.8. The van der Waals surface area contributed by atoms with Crippen LogP contribution < -0.4 is 20.1 Å². The lowest BCUT2D eigenvalue weighted by atomic mass is 10.2. The van der Waals surface area contributed by atoms with Crippen LogP contribution in [0.4, 0.5) is 11.4 Å². The summed E-state index contributed by atoms with van der Waals surface area (Å²) in [5.74, 6) is 1.02. The minimum absolute atomic E-state index is 0.153. The molecule has 0 aromatic heterocycles. The first-order valence-electron chi connectivity index (χ1n) is 10.2.